The average Bonchev–Trinajstić information content (AvgIpc) is 3.14. The maximum absolute atomic E-state index is 12.5. The Morgan fingerprint density at radius 1 is 1.18 bits per heavy atom. The van der Waals surface area contributed by atoms with Gasteiger partial charge in [-0.25, -0.2) is 17.7 Å². The Balaban J connectivity index is 1.58. The maximum atomic E-state index is 12.5. The molecule has 1 fully saturated rings. The number of sulfonamides is 1. The van der Waals surface area contributed by atoms with Gasteiger partial charge in [-0.3, -0.25) is 9.59 Å². The molecule has 1 aliphatic heterocycles. The zero-order valence-electron chi connectivity index (χ0n) is 16.0. The molecule has 150 valence electrons. The highest BCUT2D eigenvalue weighted by Crippen LogP contribution is 2.22. The maximum Gasteiger partial charge on any atom is 0.228 e. The van der Waals surface area contributed by atoms with Crippen LogP contribution in [0, 0.1) is 5.92 Å². The second-order valence-electron chi connectivity index (χ2n) is 6.83. The highest BCUT2D eigenvalue weighted by molar-refractivity contribution is 7.89. The van der Waals surface area contributed by atoms with E-state index in [2.05, 4.69) is 10.3 Å². The van der Waals surface area contributed by atoms with Crippen LogP contribution in [0.1, 0.15) is 35.9 Å². The van der Waals surface area contributed by atoms with Gasteiger partial charge in [0.15, 0.2) is 5.82 Å². The minimum absolute atomic E-state index is 0.0766. The van der Waals surface area contributed by atoms with Gasteiger partial charge in [0.05, 0.1) is 5.75 Å². The molecule has 0 unspecified atom stereocenters. The minimum atomic E-state index is -3.20. The van der Waals surface area contributed by atoms with Gasteiger partial charge in [0.2, 0.25) is 21.7 Å². The molecule has 0 bridgehead atoms. The SMILES string of the molecule is CCS(=O)(=O)N1CCC(C(=O)Nc2ccc(C(=O)c3nccn3C)cc2)CC1. The second-order valence-corrected chi connectivity index (χ2v) is 9.09. The first-order chi connectivity index (χ1) is 13.3. The molecule has 1 N–H and O–H groups in total. The Hall–Kier alpha value is -2.52. The Kier molecular flexibility index (Phi) is 5.95. The first-order valence-electron chi connectivity index (χ1n) is 9.22. The summed E-state index contributed by atoms with van der Waals surface area (Å²) >= 11 is 0. The molecule has 0 saturated carbocycles. The Bertz CT molecular complexity index is 958. The summed E-state index contributed by atoms with van der Waals surface area (Å²) in [4.78, 5) is 29.0. The lowest BCUT2D eigenvalue weighted by atomic mass is 9.97. The molecule has 0 aliphatic carbocycles. The Morgan fingerprint density at radius 3 is 2.36 bits per heavy atom. The summed E-state index contributed by atoms with van der Waals surface area (Å²) in [6, 6.07) is 6.68. The van der Waals surface area contributed by atoms with Crippen molar-refractivity contribution in [3.8, 4) is 0 Å². The molecule has 0 atom stereocenters. The number of benzene rings is 1. The first kappa shape index (κ1) is 20.2. The number of carbonyl (C=O) groups is 2. The van der Waals surface area contributed by atoms with Crippen molar-refractivity contribution in [2.45, 2.75) is 19.8 Å². The highest BCUT2D eigenvalue weighted by Gasteiger charge is 2.30. The van der Waals surface area contributed by atoms with Crippen LogP contribution in [0.4, 0.5) is 5.69 Å². The summed E-state index contributed by atoms with van der Waals surface area (Å²) < 4.78 is 26.9. The fourth-order valence-corrected chi connectivity index (χ4v) is 4.37. The third-order valence-corrected chi connectivity index (χ3v) is 6.90. The Morgan fingerprint density at radius 2 is 1.82 bits per heavy atom. The Labute approximate surface area is 164 Å². The van der Waals surface area contributed by atoms with Crippen LogP contribution in [-0.2, 0) is 21.9 Å². The van der Waals surface area contributed by atoms with Crippen molar-refractivity contribution in [3.05, 3.63) is 48.0 Å². The number of ketones is 1. The number of hydrogen-bond acceptors (Lipinski definition) is 5. The van der Waals surface area contributed by atoms with Gasteiger partial charge in [-0.05, 0) is 44.0 Å². The second kappa shape index (κ2) is 8.24. The standard InChI is InChI=1S/C19H24N4O4S/c1-3-28(26,27)23-11-8-15(9-12-23)19(25)21-16-6-4-14(5-7-16)17(24)18-20-10-13-22(18)2/h4-7,10,13,15H,3,8-9,11-12H2,1-2H3,(H,21,25). The summed E-state index contributed by atoms with van der Waals surface area (Å²) in [5.74, 6) is -0.109. The molecule has 1 aromatic heterocycles. The molecule has 1 aliphatic rings. The number of imidazole rings is 1. The monoisotopic (exact) mass is 404 g/mol. The number of piperidine rings is 1. The van der Waals surface area contributed by atoms with Crippen LogP contribution < -0.4 is 5.32 Å². The summed E-state index contributed by atoms with van der Waals surface area (Å²) in [5.41, 5.74) is 1.09. The van der Waals surface area contributed by atoms with Crippen LogP contribution >= 0.6 is 0 Å². The molecule has 3 rings (SSSR count). The van der Waals surface area contributed by atoms with E-state index in [9.17, 15) is 18.0 Å². The molecule has 1 saturated heterocycles. The van der Waals surface area contributed by atoms with E-state index in [0.717, 1.165) is 0 Å². The van der Waals surface area contributed by atoms with Gasteiger partial charge >= 0.3 is 0 Å². The van der Waals surface area contributed by atoms with Gasteiger partial charge in [0.1, 0.15) is 0 Å². The smallest absolute Gasteiger partial charge is 0.228 e. The van der Waals surface area contributed by atoms with Crippen molar-refractivity contribution in [2.75, 3.05) is 24.2 Å². The molecule has 2 heterocycles. The van der Waals surface area contributed by atoms with Crippen molar-refractivity contribution < 1.29 is 18.0 Å². The quantitative estimate of drug-likeness (QED) is 0.738. The van der Waals surface area contributed by atoms with Crippen molar-refractivity contribution in [2.24, 2.45) is 13.0 Å². The lowest BCUT2D eigenvalue weighted by Crippen LogP contribution is -2.42. The van der Waals surface area contributed by atoms with Crippen LogP contribution in [0.3, 0.4) is 0 Å². The fraction of sp³-hybridized carbons (Fsp3) is 0.421. The van der Waals surface area contributed by atoms with E-state index < -0.39 is 10.0 Å². The summed E-state index contributed by atoms with van der Waals surface area (Å²) in [5, 5.41) is 2.85. The van der Waals surface area contributed by atoms with E-state index in [0.29, 0.717) is 43.0 Å². The van der Waals surface area contributed by atoms with Crippen molar-refractivity contribution in [1.82, 2.24) is 13.9 Å². The molecular weight excluding hydrogens is 380 g/mol. The summed E-state index contributed by atoms with van der Waals surface area (Å²) in [6.07, 6.45) is 4.28. The van der Waals surface area contributed by atoms with E-state index >= 15 is 0 Å². The summed E-state index contributed by atoms with van der Waals surface area (Å²) in [7, 11) is -1.45. The summed E-state index contributed by atoms with van der Waals surface area (Å²) in [6.45, 7) is 2.35. The number of amides is 1. The van der Waals surface area contributed by atoms with Gasteiger partial charge in [-0.2, -0.15) is 0 Å². The predicted octanol–water partition coefficient (Wildman–Crippen LogP) is 1.65. The molecule has 8 nitrogen and oxygen atoms in total. The third kappa shape index (κ3) is 4.31. The number of nitrogens with one attached hydrogen (secondary N) is 1. The number of hydrogen-bond donors (Lipinski definition) is 1. The van der Waals surface area contributed by atoms with Crippen LogP contribution in [0.2, 0.25) is 0 Å². The molecule has 9 heteroatoms. The van der Waals surface area contributed by atoms with Gasteiger partial charge in [0.25, 0.3) is 0 Å². The molecule has 2 aromatic rings. The molecule has 1 amide bonds. The van der Waals surface area contributed by atoms with Gasteiger partial charge in [-0.15, -0.1) is 0 Å². The number of nitrogens with zero attached hydrogens (tertiary/aromatic N) is 3. The van der Waals surface area contributed by atoms with E-state index in [1.54, 1.807) is 55.2 Å². The van der Waals surface area contributed by atoms with Gasteiger partial charge in [-0.1, -0.05) is 0 Å². The van der Waals surface area contributed by atoms with Crippen molar-refractivity contribution in [3.63, 3.8) is 0 Å². The van der Waals surface area contributed by atoms with Gasteiger partial charge in [0, 0.05) is 49.7 Å². The van der Waals surface area contributed by atoms with E-state index in [1.807, 2.05) is 0 Å². The predicted molar refractivity (Wildman–Crippen MR) is 105 cm³/mol. The topological polar surface area (TPSA) is 101 Å². The van der Waals surface area contributed by atoms with Crippen LogP contribution in [-0.4, -0.2) is 52.8 Å². The molecule has 1 aromatic carbocycles. The van der Waals surface area contributed by atoms with E-state index in [-0.39, 0.29) is 23.4 Å². The van der Waals surface area contributed by atoms with Crippen molar-refractivity contribution >= 4 is 27.4 Å². The average molecular weight is 404 g/mol. The largest absolute Gasteiger partial charge is 0.331 e. The number of rotatable bonds is 6. The van der Waals surface area contributed by atoms with E-state index in [4.69, 9.17) is 0 Å². The number of carbonyl (C=O) groups excluding carboxylic acids is 2. The van der Waals surface area contributed by atoms with E-state index in [1.165, 1.54) is 4.31 Å². The normalized spacial score (nSPS) is 16.1. The number of anilines is 1. The van der Waals surface area contributed by atoms with Gasteiger partial charge < -0.3 is 9.88 Å². The minimum Gasteiger partial charge on any atom is -0.331 e. The van der Waals surface area contributed by atoms with Crippen LogP contribution in [0.5, 0.6) is 0 Å². The van der Waals surface area contributed by atoms with Crippen LogP contribution in [0.15, 0.2) is 36.7 Å². The zero-order valence-corrected chi connectivity index (χ0v) is 16.8. The molecule has 0 radical (unpaired) electrons. The van der Waals surface area contributed by atoms with Crippen LogP contribution in [0.25, 0.3) is 0 Å². The molecule has 28 heavy (non-hydrogen) atoms. The zero-order chi connectivity index (χ0) is 20.3. The fourth-order valence-electron chi connectivity index (χ4n) is 3.24. The first-order valence-corrected chi connectivity index (χ1v) is 10.8. The lowest BCUT2D eigenvalue weighted by Gasteiger charge is -2.30. The number of aryl methyl sites for hydroxylation is 1. The number of aromatic nitrogens is 2. The lowest BCUT2D eigenvalue weighted by molar-refractivity contribution is -0.120. The molecule has 0 spiro atoms. The third-order valence-electron chi connectivity index (χ3n) is 5.02. The molecular formula is C19H24N4O4S. The van der Waals surface area contributed by atoms with Crippen molar-refractivity contribution in [1.29, 1.82) is 0 Å². The highest BCUT2D eigenvalue weighted by atomic mass is 32.2.